The lowest BCUT2D eigenvalue weighted by Crippen LogP contribution is -2.38. The van der Waals surface area contributed by atoms with Gasteiger partial charge in [-0.2, -0.15) is 0 Å². The number of nitrogens with zero attached hydrogens (tertiary/aromatic N) is 2. The van der Waals surface area contributed by atoms with Crippen molar-refractivity contribution in [1.82, 2.24) is 4.98 Å². The van der Waals surface area contributed by atoms with E-state index in [0.717, 1.165) is 5.69 Å². The lowest BCUT2D eigenvalue weighted by Gasteiger charge is -2.39. The first-order chi connectivity index (χ1) is 8.31. The number of piperidine rings is 1. The minimum Gasteiger partial charge on any atom is -0.348 e. The Morgan fingerprint density at radius 3 is 2.53 bits per heavy atom. The van der Waals surface area contributed by atoms with Crippen LogP contribution in [0.25, 0.3) is 0 Å². The van der Waals surface area contributed by atoms with Gasteiger partial charge < -0.3 is 4.90 Å². The topological polar surface area (TPSA) is 16.1 Å². The van der Waals surface area contributed by atoms with E-state index in [2.05, 4.69) is 15.3 Å². The summed E-state index contributed by atoms with van der Waals surface area (Å²) >= 11 is 7.55. The molecule has 0 atom stereocenters. The molecule has 94 valence electrons. The molecule has 1 aromatic rings. The third-order valence-electron chi connectivity index (χ3n) is 4.44. The lowest BCUT2D eigenvalue weighted by molar-refractivity contribution is 0.226. The largest absolute Gasteiger partial charge is 0.348 e. The summed E-state index contributed by atoms with van der Waals surface area (Å²) in [5.41, 5.74) is 1.72. The first-order valence-corrected chi connectivity index (χ1v) is 7.98. The smallest absolute Gasteiger partial charge is 0.185 e. The summed E-state index contributed by atoms with van der Waals surface area (Å²) in [7, 11) is 0. The Kier molecular flexibility index (Phi) is 3.31. The van der Waals surface area contributed by atoms with E-state index in [1.54, 1.807) is 11.3 Å². The summed E-state index contributed by atoms with van der Waals surface area (Å²) < 4.78 is 0. The van der Waals surface area contributed by atoms with Crippen molar-refractivity contribution in [2.75, 3.05) is 18.0 Å². The number of rotatable bonds is 2. The Balaban J connectivity index is 1.64. The van der Waals surface area contributed by atoms with Crippen LogP contribution in [0.1, 0.15) is 44.2 Å². The van der Waals surface area contributed by atoms with Crippen LogP contribution in [-0.2, 0) is 5.88 Å². The van der Waals surface area contributed by atoms with Gasteiger partial charge in [0.05, 0.1) is 11.6 Å². The minimum atomic E-state index is 0.536. The van der Waals surface area contributed by atoms with Crippen molar-refractivity contribution in [3.63, 3.8) is 0 Å². The van der Waals surface area contributed by atoms with E-state index in [1.165, 1.54) is 56.7 Å². The molecule has 1 aromatic heterocycles. The van der Waals surface area contributed by atoms with Gasteiger partial charge in [0, 0.05) is 18.5 Å². The van der Waals surface area contributed by atoms with Crippen LogP contribution in [0.5, 0.6) is 0 Å². The Hall–Kier alpha value is -0.280. The summed E-state index contributed by atoms with van der Waals surface area (Å²) in [6.07, 6.45) is 8.56. The van der Waals surface area contributed by atoms with Gasteiger partial charge in [-0.15, -0.1) is 22.9 Å². The van der Waals surface area contributed by atoms with Gasteiger partial charge in [-0.05, 0) is 31.1 Å². The number of hydrogen-bond donors (Lipinski definition) is 0. The van der Waals surface area contributed by atoms with Crippen LogP contribution in [0.15, 0.2) is 5.38 Å². The van der Waals surface area contributed by atoms with Crippen molar-refractivity contribution < 1.29 is 0 Å². The number of hydrogen-bond acceptors (Lipinski definition) is 3. The fraction of sp³-hybridized carbons (Fsp3) is 0.769. The van der Waals surface area contributed by atoms with Gasteiger partial charge in [0.2, 0.25) is 0 Å². The van der Waals surface area contributed by atoms with Crippen LogP contribution in [0.2, 0.25) is 0 Å². The molecule has 0 amide bonds. The molecule has 1 saturated heterocycles. The standard InChI is InChI=1S/C13H19ClN2S/c14-9-11-10-17-12(15-11)16-7-5-13(6-8-16)3-1-2-4-13/h10H,1-9H2. The Morgan fingerprint density at radius 1 is 1.24 bits per heavy atom. The summed E-state index contributed by atoms with van der Waals surface area (Å²) in [6.45, 7) is 2.38. The highest BCUT2D eigenvalue weighted by Crippen LogP contribution is 2.46. The van der Waals surface area contributed by atoms with Gasteiger partial charge in [0.1, 0.15) is 0 Å². The van der Waals surface area contributed by atoms with Crippen molar-refractivity contribution in [3.8, 4) is 0 Å². The number of thiazole rings is 1. The Morgan fingerprint density at radius 2 is 1.94 bits per heavy atom. The van der Waals surface area contributed by atoms with Gasteiger partial charge in [-0.1, -0.05) is 12.8 Å². The number of aromatic nitrogens is 1. The predicted octanol–water partition coefficient (Wildman–Crippen LogP) is 4.04. The van der Waals surface area contributed by atoms with Crippen molar-refractivity contribution in [1.29, 1.82) is 0 Å². The molecule has 1 aliphatic heterocycles. The zero-order valence-corrected chi connectivity index (χ0v) is 11.7. The van der Waals surface area contributed by atoms with E-state index >= 15 is 0 Å². The SMILES string of the molecule is ClCc1csc(N2CCC3(CCCC3)CC2)n1. The molecule has 2 aliphatic rings. The highest BCUT2D eigenvalue weighted by Gasteiger charge is 2.37. The van der Waals surface area contributed by atoms with Crippen molar-refractivity contribution in [2.24, 2.45) is 5.41 Å². The second-order valence-electron chi connectivity index (χ2n) is 5.45. The van der Waals surface area contributed by atoms with Crippen LogP contribution in [0.3, 0.4) is 0 Å². The maximum atomic E-state index is 5.80. The number of anilines is 1. The predicted molar refractivity (Wildman–Crippen MR) is 74.0 cm³/mol. The molecule has 3 rings (SSSR count). The number of halogens is 1. The fourth-order valence-corrected chi connectivity index (χ4v) is 4.41. The summed E-state index contributed by atoms with van der Waals surface area (Å²) in [4.78, 5) is 7.03. The third-order valence-corrected chi connectivity index (χ3v) is 5.66. The molecule has 2 fully saturated rings. The maximum absolute atomic E-state index is 5.80. The molecule has 2 heterocycles. The molecule has 2 nitrogen and oxygen atoms in total. The minimum absolute atomic E-state index is 0.536. The van der Waals surface area contributed by atoms with Gasteiger partial charge >= 0.3 is 0 Å². The van der Waals surface area contributed by atoms with Gasteiger partial charge in [0.15, 0.2) is 5.13 Å². The zero-order valence-electron chi connectivity index (χ0n) is 10.1. The molecule has 0 bridgehead atoms. The Bertz CT molecular complexity index is 375. The monoisotopic (exact) mass is 270 g/mol. The van der Waals surface area contributed by atoms with Gasteiger partial charge in [0.25, 0.3) is 0 Å². The second kappa shape index (κ2) is 4.77. The Labute approximate surface area is 112 Å². The molecule has 1 saturated carbocycles. The average molecular weight is 271 g/mol. The summed E-state index contributed by atoms with van der Waals surface area (Å²) in [6, 6.07) is 0. The second-order valence-corrected chi connectivity index (χ2v) is 6.55. The fourth-order valence-electron chi connectivity index (χ4n) is 3.30. The lowest BCUT2D eigenvalue weighted by atomic mass is 9.77. The van der Waals surface area contributed by atoms with Crippen molar-refractivity contribution in [2.45, 2.75) is 44.4 Å². The molecular weight excluding hydrogens is 252 g/mol. The van der Waals surface area contributed by atoms with E-state index < -0.39 is 0 Å². The first kappa shape index (κ1) is 11.8. The zero-order chi connectivity index (χ0) is 11.7. The van der Waals surface area contributed by atoms with Gasteiger partial charge in [-0.3, -0.25) is 0 Å². The molecule has 1 spiro atoms. The normalized spacial score (nSPS) is 23.5. The number of alkyl halides is 1. The molecule has 0 unspecified atom stereocenters. The van der Waals surface area contributed by atoms with E-state index in [-0.39, 0.29) is 0 Å². The molecule has 0 radical (unpaired) electrons. The van der Waals surface area contributed by atoms with Gasteiger partial charge in [-0.25, -0.2) is 4.98 Å². The molecule has 0 aromatic carbocycles. The molecule has 0 N–H and O–H groups in total. The van der Waals surface area contributed by atoms with Crippen LogP contribution < -0.4 is 4.90 Å². The molecule has 4 heteroatoms. The van der Waals surface area contributed by atoms with E-state index in [9.17, 15) is 0 Å². The van der Waals surface area contributed by atoms with E-state index in [1.807, 2.05) is 0 Å². The van der Waals surface area contributed by atoms with Crippen LogP contribution in [0, 0.1) is 5.41 Å². The summed E-state index contributed by atoms with van der Waals surface area (Å²) in [5.74, 6) is 0.536. The molecule has 1 aliphatic carbocycles. The van der Waals surface area contributed by atoms with Crippen LogP contribution >= 0.6 is 22.9 Å². The quantitative estimate of drug-likeness (QED) is 0.754. The van der Waals surface area contributed by atoms with Crippen molar-refractivity contribution in [3.05, 3.63) is 11.1 Å². The van der Waals surface area contributed by atoms with Crippen LogP contribution in [0.4, 0.5) is 5.13 Å². The third kappa shape index (κ3) is 2.32. The van der Waals surface area contributed by atoms with E-state index in [0.29, 0.717) is 11.3 Å². The average Bonchev–Trinajstić information content (AvgIpc) is 3.00. The molecule has 17 heavy (non-hydrogen) atoms. The highest BCUT2D eigenvalue weighted by molar-refractivity contribution is 7.13. The highest BCUT2D eigenvalue weighted by atomic mass is 35.5. The van der Waals surface area contributed by atoms with Crippen molar-refractivity contribution >= 4 is 28.1 Å². The molecular formula is C13H19ClN2S. The van der Waals surface area contributed by atoms with Crippen LogP contribution in [-0.4, -0.2) is 18.1 Å². The maximum Gasteiger partial charge on any atom is 0.185 e. The summed E-state index contributed by atoms with van der Waals surface area (Å²) in [5, 5.41) is 3.26. The van der Waals surface area contributed by atoms with E-state index in [4.69, 9.17) is 11.6 Å². The first-order valence-electron chi connectivity index (χ1n) is 6.57.